The van der Waals surface area contributed by atoms with Crippen LogP contribution in [0.1, 0.15) is 47.1 Å². The van der Waals surface area contributed by atoms with Crippen molar-refractivity contribution >= 4 is 12.1 Å². The quantitative estimate of drug-likeness (QED) is 0.857. The summed E-state index contributed by atoms with van der Waals surface area (Å²) in [6.07, 6.45) is -2.78. The molecular formula is C17H18F2N4O4. The summed E-state index contributed by atoms with van der Waals surface area (Å²) in [6.45, 7) is 0.743. The van der Waals surface area contributed by atoms with E-state index in [1.165, 1.54) is 4.90 Å². The van der Waals surface area contributed by atoms with Gasteiger partial charge in [-0.15, -0.1) is 5.10 Å². The van der Waals surface area contributed by atoms with Crippen LogP contribution in [-0.4, -0.2) is 50.2 Å². The molecule has 1 amide bonds. The van der Waals surface area contributed by atoms with Crippen molar-refractivity contribution in [3.8, 4) is 0 Å². The Morgan fingerprint density at radius 3 is 2.48 bits per heavy atom. The minimum atomic E-state index is -3.00. The summed E-state index contributed by atoms with van der Waals surface area (Å²) in [5.41, 5.74) is -0.576. The van der Waals surface area contributed by atoms with Gasteiger partial charge >= 0.3 is 12.1 Å². The van der Waals surface area contributed by atoms with E-state index in [9.17, 15) is 18.4 Å². The molecule has 0 atom stereocenters. The molecule has 0 spiro atoms. The molecule has 1 N–H and O–H groups in total. The van der Waals surface area contributed by atoms with Crippen LogP contribution in [-0.2, 0) is 11.3 Å². The van der Waals surface area contributed by atoms with E-state index in [-0.39, 0.29) is 6.61 Å². The van der Waals surface area contributed by atoms with Crippen molar-refractivity contribution in [2.75, 3.05) is 13.1 Å². The first-order valence-electron chi connectivity index (χ1n) is 8.39. The lowest BCUT2D eigenvalue weighted by atomic mass is 10.1. The van der Waals surface area contributed by atoms with Gasteiger partial charge in [-0.25, -0.2) is 23.1 Å². The highest BCUT2D eigenvalue weighted by molar-refractivity contribution is 5.86. The summed E-state index contributed by atoms with van der Waals surface area (Å²) in [5.74, 6) is -1.54. The largest absolute Gasteiger partial charge is 0.476 e. The third-order valence-corrected chi connectivity index (χ3v) is 4.41. The average Bonchev–Trinajstić information content (AvgIpc) is 3.13. The number of hydrogen-bond donors (Lipinski definition) is 1. The summed E-state index contributed by atoms with van der Waals surface area (Å²) >= 11 is 0. The second kappa shape index (κ2) is 8.11. The third-order valence-electron chi connectivity index (χ3n) is 4.41. The number of nitrogens with zero attached hydrogens (tertiary/aromatic N) is 4. The predicted molar refractivity (Wildman–Crippen MR) is 88.4 cm³/mol. The molecule has 0 aliphatic carbocycles. The molecular weight excluding hydrogens is 362 g/mol. The first-order valence-corrected chi connectivity index (χ1v) is 8.39. The SMILES string of the molecule is O=C(O)c1nnn(C2CCN(C(=O)OCc3ccccc3)CC2)c1C(F)F. The molecule has 27 heavy (non-hydrogen) atoms. The number of carboxylic acid groups (broad SMARTS) is 1. The van der Waals surface area contributed by atoms with Gasteiger partial charge in [0.1, 0.15) is 12.3 Å². The van der Waals surface area contributed by atoms with E-state index < -0.39 is 35.9 Å². The number of ether oxygens (including phenoxy) is 1. The van der Waals surface area contributed by atoms with Crippen LogP contribution in [0.5, 0.6) is 0 Å². The van der Waals surface area contributed by atoms with Gasteiger partial charge in [0.05, 0.1) is 6.04 Å². The van der Waals surface area contributed by atoms with Crippen LogP contribution < -0.4 is 0 Å². The number of alkyl halides is 2. The Bertz CT molecular complexity index is 805. The van der Waals surface area contributed by atoms with Crippen LogP contribution in [0.15, 0.2) is 30.3 Å². The van der Waals surface area contributed by atoms with Crippen molar-refractivity contribution in [2.45, 2.75) is 31.9 Å². The molecule has 2 heterocycles. The standard InChI is InChI=1S/C17H18F2N4O4/c18-15(19)14-13(16(24)25)20-21-23(14)12-6-8-22(9-7-12)17(26)27-10-11-4-2-1-3-5-11/h1-5,12,15H,6-10H2,(H,24,25). The second-order valence-electron chi connectivity index (χ2n) is 6.13. The van der Waals surface area contributed by atoms with Gasteiger partial charge in [0.25, 0.3) is 6.43 Å². The van der Waals surface area contributed by atoms with E-state index >= 15 is 0 Å². The second-order valence-corrected chi connectivity index (χ2v) is 6.13. The number of carboxylic acids is 1. The molecule has 1 aliphatic rings. The van der Waals surface area contributed by atoms with Gasteiger partial charge in [-0.2, -0.15) is 0 Å². The van der Waals surface area contributed by atoms with E-state index in [2.05, 4.69) is 10.3 Å². The van der Waals surface area contributed by atoms with E-state index in [1.54, 1.807) is 0 Å². The number of piperidine rings is 1. The van der Waals surface area contributed by atoms with Crippen LogP contribution in [0.3, 0.4) is 0 Å². The number of aromatic nitrogens is 3. The monoisotopic (exact) mass is 380 g/mol. The lowest BCUT2D eigenvalue weighted by Crippen LogP contribution is -2.39. The maximum absolute atomic E-state index is 13.3. The Morgan fingerprint density at radius 2 is 1.89 bits per heavy atom. The lowest BCUT2D eigenvalue weighted by Gasteiger charge is -2.31. The van der Waals surface area contributed by atoms with Crippen LogP contribution in [0, 0.1) is 0 Å². The van der Waals surface area contributed by atoms with Crippen molar-refractivity contribution in [2.24, 2.45) is 0 Å². The maximum atomic E-state index is 13.3. The number of amides is 1. The van der Waals surface area contributed by atoms with Gasteiger partial charge in [-0.1, -0.05) is 35.5 Å². The molecule has 2 aromatic rings. The van der Waals surface area contributed by atoms with E-state index in [4.69, 9.17) is 9.84 Å². The molecule has 1 aliphatic heterocycles. The Kier molecular flexibility index (Phi) is 5.63. The number of rotatable bonds is 5. The van der Waals surface area contributed by atoms with Gasteiger partial charge < -0.3 is 14.7 Å². The highest BCUT2D eigenvalue weighted by Gasteiger charge is 2.32. The highest BCUT2D eigenvalue weighted by atomic mass is 19.3. The van der Waals surface area contributed by atoms with Crippen LogP contribution in [0.25, 0.3) is 0 Å². The van der Waals surface area contributed by atoms with E-state index in [0.717, 1.165) is 10.2 Å². The molecule has 10 heteroatoms. The fourth-order valence-electron chi connectivity index (χ4n) is 3.03. The zero-order valence-electron chi connectivity index (χ0n) is 14.3. The topological polar surface area (TPSA) is 97.5 Å². The first-order chi connectivity index (χ1) is 13.0. The van der Waals surface area contributed by atoms with Gasteiger partial charge in [0.15, 0.2) is 5.69 Å². The number of carbonyl (C=O) groups excluding carboxylic acids is 1. The minimum absolute atomic E-state index is 0.153. The molecule has 1 saturated heterocycles. The number of benzene rings is 1. The Hall–Kier alpha value is -3.04. The molecule has 0 saturated carbocycles. The molecule has 1 aromatic carbocycles. The summed E-state index contributed by atoms with van der Waals surface area (Å²) in [4.78, 5) is 24.7. The van der Waals surface area contributed by atoms with Gasteiger partial charge in [0, 0.05) is 13.1 Å². The van der Waals surface area contributed by atoms with Crippen LogP contribution in [0.2, 0.25) is 0 Å². The molecule has 0 radical (unpaired) electrons. The normalized spacial score (nSPS) is 15.1. The third kappa shape index (κ3) is 4.21. The smallest absolute Gasteiger partial charge is 0.410 e. The van der Waals surface area contributed by atoms with Crippen LogP contribution >= 0.6 is 0 Å². The average molecular weight is 380 g/mol. The number of carbonyl (C=O) groups is 2. The fourth-order valence-corrected chi connectivity index (χ4v) is 3.03. The molecule has 0 unspecified atom stereocenters. The summed E-state index contributed by atoms with van der Waals surface area (Å²) in [5, 5.41) is 15.9. The van der Waals surface area contributed by atoms with Crippen molar-refractivity contribution in [1.82, 2.24) is 19.9 Å². The number of hydrogen-bond acceptors (Lipinski definition) is 5. The highest BCUT2D eigenvalue weighted by Crippen LogP contribution is 2.29. The molecule has 0 bridgehead atoms. The Labute approximate surface area is 153 Å². The maximum Gasteiger partial charge on any atom is 0.410 e. The zero-order valence-corrected chi connectivity index (χ0v) is 14.3. The summed E-state index contributed by atoms with van der Waals surface area (Å²) < 4.78 is 32.7. The lowest BCUT2D eigenvalue weighted by molar-refractivity contribution is 0.0673. The zero-order chi connectivity index (χ0) is 19.4. The van der Waals surface area contributed by atoms with Crippen molar-refractivity contribution in [1.29, 1.82) is 0 Å². The molecule has 144 valence electrons. The predicted octanol–water partition coefficient (Wildman–Crippen LogP) is 2.89. The van der Waals surface area contributed by atoms with Gasteiger partial charge in [-0.05, 0) is 18.4 Å². The first kappa shape index (κ1) is 18.7. The molecule has 1 fully saturated rings. The number of aromatic carboxylic acids is 1. The van der Waals surface area contributed by atoms with Crippen molar-refractivity contribution < 1.29 is 28.2 Å². The van der Waals surface area contributed by atoms with E-state index in [1.807, 2.05) is 30.3 Å². The Balaban J connectivity index is 1.59. The van der Waals surface area contributed by atoms with Crippen molar-refractivity contribution in [3.05, 3.63) is 47.3 Å². The molecule has 8 nitrogen and oxygen atoms in total. The van der Waals surface area contributed by atoms with Crippen LogP contribution in [0.4, 0.5) is 13.6 Å². The van der Waals surface area contributed by atoms with Crippen molar-refractivity contribution in [3.63, 3.8) is 0 Å². The number of halogens is 2. The van der Waals surface area contributed by atoms with Gasteiger partial charge in [0.2, 0.25) is 0 Å². The number of likely N-dealkylation sites (tertiary alicyclic amines) is 1. The minimum Gasteiger partial charge on any atom is -0.476 e. The van der Waals surface area contributed by atoms with E-state index in [0.29, 0.717) is 25.9 Å². The molecule has 1 aromatic heterocycles. The fraction of sp³-hybridized carbons (Fsp3) is 0.412. The van der Waals surface area contributed by atoms with Gasteiger partial charge in [-0.3, -0.25) is 0 Å². The summed E-state index contributed by atoms with van der Waals surface area (Å²) in [7, 11) is 0. The molecule has 3 rings (SSSR count). The summed E-state index contributed by atoms with van der Waals surface area (Å²) in [6, 6.07) is 8.79. The Morgan fingerprint density at radius 1 is 1.22 bits per heavy atom.